The van der Waals surface area contributed by atoms with Crippen molar-refractivity contribution in [2.45, 2.75) is 58.0 Å². The van der Waals surface area contributed by atoms with Gasteiger partial charge in [0.15, 0.2) is 0 Å². The second-order valence-corrected chi connectivity index (χ2v) is 7.77. The molecular weight excluding hydrogens is 300 g/mol. The summed E-state index contributed by atoms with van der Waals surface area (Å²) in [6.45, 7) is 4.21. The molecule has 5 nitrogen and oxygen atoms in total. The van der Waals surface area contributed by atoms with Gasteiger partial charge >= 0.3 is 0 Å². The zero-order valence-corrected chi connectivity index (χ0v) is 14.5. The SMILES string of the molecule is C[C@H](NC(=O)C[C@H](C)n1nnc2ccccc21)[C@H]1C[C@H]2CC[C@H]1C2. The summed E-state index contributed by atoms with van der Waals surface area (Å²) in [5, 5.41) is 11.6. The first-order valence-corrected chi connectivity index (χ1v) is 9.21. The Morgan fingerprint density at radius 1 is 1.29 bits per heavy atom. The Hall–Kier alpha value is -1.91. The number of fused-ring (bicyclic) bond motifs is 3. The summed E-state index contributed by atoms with van der Waals surface area (Å²) in [7, 11) is 0. The van der Waals surface area contributed by atoms with Crippen LogP contribution in [-0.4, -0.2) is 26.9 Å². The maximum absolute atomic E-state index is 12.5. The fourth-order valence-corrected chi connectivity index (χ4v) is 4.89. The smallest absolute Gasteiger partial charge is 0.222 e. The van der Waals surface area contributed by atoms with Gasteiger partial charge in [0.2, 0.25) is 5.91 Å². The summed E-state index contributed by atoms with van der Waals surface area (Å²) in [6, 6.07) is 8.17. The predicted octanol–water partition coefficient (Wildman–Crippen LogP) is 3.32. The normalized spacial score (nSPS) is 28.2. The van der Waals surface area contributed by atoms with Crippen molar-refractivity contribution >= 4 is 16.9 Å². The van der Waals surface area contributed by atoms with Gasteiger partial charge in [-0.05, 0) is 63.0 Å². The highest BCUT2D eigenvalue weighted by molar-refractivity contribution is 5.78. The standard InChI is InChI=1S/C19H26N4O/c1-12(23-18-6-4-3-5-17(18)21-22-23)9-19(24)20-13(2)16-11-14-7-8-15(16)10-14/h3-6,12-16H,7-11H2,1-2H3,(H,20,24)/t12-,13-,14-,15-,16+/m0/s1. The van der Waals surface area contributed by atoms with Crippen LogP contribution >= 0.6 is 0 Å². The highest BCUT2D eigenvalue weighted by Crippen LogP contribution is 2.49. The molecule has 1 N–H and O–H groups in total. The lowest BCUT2D eigenvalue weighted by atomic mass is 9.84. The van der Waals surface area contributed by atoms with Gasteiger partial charge in [-0.1, -0.05) is 23.8 Å². The minimum absolute atomic E-state index is 0.00429. The van der Waals surface area contributed by atoms with Gasteiger partial charge in [-0.3, -0.25) is 4.79 Å². The van der Waals surface area contributed by atoms with E-state index in [2.05, 4.69) is 22.6 Å². The Kier molecular flexibility index (Phi) is 4.02. The first-order chi connectivity index (χ1) is 11.6. The van der Waals surface area contributed by atoms with Crippen LogP contribution in [0.15, 0.2) is 24.3 Å². The van der Waals surface area contributed by atoms with Crippen LogP contribution in [0.25, 0.3) is 11.0 Å². The molecular formula is C19H26N4O. The molecule has 5 heteroatoms. The Morgan fingerprint density at radius 2 is 2.12 bits per heavy atom. The molecule has 0 saturated heterocycles. The van der Waals surface area contributed by atoms with Crippen molar-refractivity contribution < 1.29 is 4.79 Å². The molecule has 1 aromatic heterocycles. The molecule has 0 spiro atoms. The fourth-order valence-electron chi connectivity index (χ4n) is 4.89. The Labute approximate surface area is 142 Å². The summed E-state index contributed by atoms with van der Waals surface area (Å²) in [6.07, 6.45) is 5.88. The highest BCUT2D eigenvalue weighted by atomic mass is 16.1. The maximum atomic E-state index is 12.5. The number of amides is 1. The first-order valence-electron chi connectivity index (χ1n) is 9.21. The third-order valence-corrected chi connectivity index (χ3v) is 6.10. The van der Waals surface area contributed by atoms with E-state index in [4.69, 9.17) is 0 Å². The van der Waals surface area contributed by atoms with E-state index in [0.717, 1.165) is 22.9 Å². The van der Waals surface area contributed by atoms with Crippen LogP contribution in [0, 0.1) is 17.8 Å². The Balaban J connectivity index is 1.37. The summed E-state index contributed by atoms with van der Waals surface area (Å²) < 4.78 is 1.86. The molecule has 2 fully saturated rings. The van der Waals surface area contributed by atoms with E-state index in [1.54, 1.807) is 0 Å². The minimum atomic E-state index is 0.00429. The van der Waals surface area contributed by atoms with Crippen LogP contribution in [0.2, 0.25) is 0 Å². The van der Waals surface area contributed by atoms with Gasteiger partial charge in [0.25, 0.3) is 0 Å². The van der Waals surface area contributed by atoms with Gasteiger partial charge in [0, 0.05) is 12.5 Å². The van der Waals surface area contributed by atoms with E-state index in [-0.39, 0.29) is 18.0 Å². The van der Waals surface area contributed by atoms with Crippen molar-refractivity contribution in [1.29, 1.82) is 0 Å². The molecule has 0 unspecified atom stereocenters. The molecule has 1 amide bonds. The van der Waals surface area contributed by atoms with Crippen molar-refractivity contribution in [3.05, 3.63) is 24.3 Å². The molecule has 2 saturated carbocycles. The van der Waals surface area contributed by atoms with Gasteiger partial charge in [0.1, 0.15) is 5.52 Å². The number of aromatic nitrogens is 3. The first kappa shape index (κ1) is 15.6. The number of carbonyl (C=O) groups excluding carboxylic acids is 1. The molecule has 2 bridgehead atoms. The van der Waals surface area contributed by atoms with Crippen LogP contribution in [0.3, 0.4) is 0 Å². The molecule has 1 aromatic carbocycles. The largest absolute Gasteiger partial charge is 0.353 e. The number of nitrogens with zero attached hydrogens (tertiary/aromatic N) is 3. The summed E-state index contributed by atoms with van der Waals surface area (Å²) >= 11 is 0. The Morgan fingerprint density at radius 3 is 2.88 bits per heavy atom. The van der Waals surface area contributed by atoms with Crippen LogP contribution < -0.4 is 5.32 Å². The van der Waals surface area contributed by atoms with Gasteiger partial charge in [-0.2, -0.15) is 0 Å². The molecule has 128 valence electrons. The molecule has 1 heterocycles. The molecule has 2 aliphatic rings. The average Bonchev–Trinajstić information content (AvgIpc) is 3.29. The average molecular weight is 326 g/mol. The van der Waals surface area contributed by atoms with Crippen molar-refractivity contribution in [3.8, 4) is 0 Å². The van der Waals surface area contributed by atoms with E-state index >= 15 is 0 Å². The maximum Gasteiger partial charge on any atom is 0.222 e. The van der Waals surface area contributed by atoms with E-state index in [0.29, 0.717) is 12.3 Å². The second-order valence-electron chi connectivity index (χ2n) is 7.77. The van der Waals surface area contributed by atoms with Gasteiger partial charge in [0.05, 0.1) is 11.6 Å². The van der Waals surface area contributed by atoms with E-state index in [1.807, 2.05) is 35.9 Å². The lowest BCUT2D eigenvalue weighted by molar-refractivity contribution is -0.122. The molecule has 2 aliphatic carbocycles. The lowest BCUT2D eigenvalue weighted by Crippen LogP contribution is -2.40. The van der Waals surface area contributed by atoms with Gasteiger partial charge < -0.3 is 5.32 Å². The number of carbonyl (C=O) groups is 1. The van der Waals surface area contributed by atoms with Crippen molar-refractivity contribution in [3.63, 3.8) is 0 Å². The third-order valence-electron chi connectivity index (χ3n) is 6.10. The van der Waals surface area contributed by atoms with Crippen molar-refractivity contribution in [2.75, 3.05) is 0 Å². The van der Waals surface area contributed by atoms with Crippen molar-refractivity contribution in [1.82, 2.24) is 20.3 Å². The fraction of sp³-hybridized carbons (Fsp3) is 0.632. The zero-order valence-electron chi connectivity index (χ0n) is 14.5. The van der Waals surface area contributed by atoms with Crippen LogP contribution in [-0.2, 0) is 4.79 Å². The molecule has 4 rings (SSSR count). The van der Waals surface area contributed by atoms with E-state index in [9.17, 15) is 4.79 Å². The predicted molar refractivity (Wildman–Crippen MR) is 93.4 cm³/mol. The quantitative estimate of drug-likeness (QED) is 0.917. The number of rotatable bonds is 5. The van der Waals surface area contributed by atoms with Crippen LogP contribution in [0.4, 0.5) is 0 Å². The number of nitrogens with one attached hydrogen (secondary N) is 1. The lowest BCUT2D eigenvalue weighted by Gasteiger charge is -2.29. The molecule has 0 aliphatic heterocycles. The summed E-state index contributed by atoms with van der Waals surface area (Å²) in [5.41, 5.74) is 1.86. The summed E-state index contributed by atoms with van der Waals surface area (Å²) in [5.74, 6) is 2.55. The second kappa shape index (κ2) is 6.19. The topological polar surface area (TPSA) is 59.8 Å². The molecule has 24 heavy (non-hydrogen) atoms. The Bertz CT molecular complexity index is 740. The highest BCUT2D eigenvalue weighted by Gasteiger charge is 2.42. The number of hydrogen-bond donors (Lipinski definition) is 1. The van der Waals surface area contributed by atoms with Crippen molar-refractivity contribution in [2.24, 2.45) is 17.8 Å². The van der Waals surface area contributed by atoms with E-state index in [1.165, 1.54) is 25.7 Å². The molecule has 5 atom stereocenters. The summed E-state index contributed by atoms with van der Waals surface area (Å²) in [4.78, 5) is 12.5. The van der Waals surface area contributed by atoms with Crippen LogP contribution in [0.5, 0.6) is 0 Å². The van der Waals surface area contributed by atoms with Gasteiger partial charge in [-0.15, -0.1) is 5.10 Å². The number of benzene rings is 1. The number of para-hydroxylation sites is 1. The molecule has 0 radical (unpaired) electrons. The third kappa shape index (κ3) is 2.80. The van der Waals surface area contributed by atoms with Gasteiger partial charge in [-0.25, -0.2) is 4.68 Å². The number of hydrogen-bond acceptors (Lipinski definition) is 3. The monoisotopic (exact) mass is 326 g/mol. The van der Waals surface area contributed by atoms with Crippen LogP contribution in [0.1, 0.15) is 52.0 Å². The zero-order chi connectivity index (χ0) is 16.7. The molecule has 2 aromatic rings. The minimum Gasteiger partial charge on any atom is -0.353 e. The van der Waals surface area contributed by atoms with E-state index < -0.39 is 0 Å².